The molecular weight excluding hydrogens is 416 g/mol. The smallest absolute Gasteiger partial charge is 0.313 e. The van der Waals surface area contributed by atoms with Crippen molar-refractivity contribution < 1.29 is 9.90 Å². The van der Waals surface area contributed by atoms with E-state index in [1.165, 1.54) is 0 Å². The lowest BCUT2D eigenvalue weighted by Crippen LogP contribution is -2.25. The van der Waals surface area contributed by atoms with Gasteiger partial charge in [-0.25, -0.2) is 4.98 Å². The highest BCUT2D eigenvalue weighted by Crippen LogP contribution is 2.39. The van der Waals surface area contributed by atoms with Crippen LogP contribution in [0.15, 0.2) is 48.0 Å². The summed E-state index contributed by atoms with van der Waals surface area (Å²) in [5.74, 6) is 0.132. The largest absolute Gasteiger partial charge is 0.481 e. The summed E-state index contributed by atoms with van der Waals surface area (Å²) in [6, 6.07) is 11.7. The van der Waals surface area contributed by atoms with Gasteiger partial charge in [0, 0.05) is 16.3 Å². The number of carbonyl (C=O) groups is 1. The SMILES string of the molecule is CCCCc1ncc(/C=C(/c2cccs2)C(C)(C)C(=O)O)n1Cc1ccccc1Cl. The van der Waals surface area contributed by atoms with E-state index in [4.69, 9.17) is 11.6 Å². The van der Waals surface area contributed by atoms with Gasteiger partial charge in [0.25, 0.3) is 0 Å². The highest BCUT2D eigenvalue weighted by molar-refractivity contribution is 7.11. The third kappa shape index (κ3) is 4.85. The van der Waals surface area contributed by atoms with Crippen LogP contribution in [0.25, 0.3) is 11.6 Å². The zero-order chi connectivity index (χ0) is 21.7. The maximum absolute atomic E-state index is 12.0. The summed E-state index contributed by atoms with van der Waals surface area (Å²) in [7, 11) is 0. The standard InChI is InChI=1S/C24H27ClN2O2S/c1-4-5-12-22-26-15-18(27(22)16-17-9-6-7-10-20(17)25)14-19(21-11-8-13-30-21)24(2,3)23(28)29/h6-11,13-15H,4-5,12,16H2,1-3H3,(H,28,29)/b19-14-. The second-order valence-electron chi connectivity index (χ2n) is 7.85. The number of carboxylic acids is 1. The fourth-order valence-corrected chi connectivity index (χ4v) is 4.41. The molecule has 0 saturated carbocycles. The Labute approximate surface area is 186 Å². The van der Waals surface area contributed by atoms with Crippen LogP contribution in [-0.4, -0.2) is 20.6 Å². The van der Waals surface area contributed by atoms with E-state index in [2.05, 4.69) is 16.5 Å². The second-order valence-corrected chi connectivity index (χ2v) is 9.20. The van der Waals surface area contributed by atoms with E-state index < -0.39 is 11.4 Å². The minimum Gasteiger partial charge on any atom is -0.481 e. The summed E-state index contributed by atoms with van der Waals surface area (Å²) >= 11 is 7.97. The number of benzene rings is 1. The fourth-order valence-electron chi connectivity index (χ4n) is 3.31. The van der Waals surface area contributed by atoms with Crippen LogP contribution in [-0.2, 0) is 17.8 Å². The molecule has 0 bridgehead atoms. The van der Waals surface area contributed by atoms with Crippen LogP contribution >= 0.6 is 22.9 Å². The van der Waals surface area contributed by atoms with Gasteiger partial charge in [0.2, 0.25) is 0 Å². The Morgan fingerprint density at radius 3 is 2.67 bits per heavy atom. The minimum absolute atomic E-state index is 0.593. The highest BCUT2D eigenvalue weighted by atomic mass is 35.5. The zero-order valence-electron chi connectivity index (χ0n) is 17.6. The molecule has 2 heterocycles. The number of unbranched alkanes of at least 4 members (excludes halogenated alkanes) is 1. The number of carboxylic acid groups (broad SMARTS) is 1. The minimum atomic E-state index is -1.03. The quantitative estimate of drug-likeness (QED) is 0.404. The van der Waals surface area contributed by atoms with Crippen LogP contribution in [0.1, 0.15) is 55.6 Å². The lowest BCUT2D eigenvalue weighted by atomic mass is 9.82. The molecule has 0 unspecified atom stereocenters. The molecule has 0 aliphatic heterocycles. The molecular formula is C24H27ClN2O2S. The van der Waals surface area contributed by atoms with Crippen LogP contribution in [0.2, 0.25) is 5.02 Å². The first-order valence-electron chi connectivity index (χ1n) is 10.1. The van der Waals surface area contributed by atoms with Crippen molar-refractivity contribution in [2.75, 3.05) is 0 Å². The average molecular weight is 443 g/mol. The Bertz CT molecular complexity index is 1040. The molecule has 1 N–H and O–H groups in total. The van der Waals surface area contributed by atoms with Gasteiger partial charge in [-0.15, -0.1) is 11.3 Å². The molecule has 0 radical (unpaired) electrons. The van der Waals surface area contributed by atoms with Crippen molar-refractivity contribution in [3.8, 4) is 0 Å². The van der Waals surface area contributed by atoms with Crippen molar-refractivity contribution in [1.82, 2.24) is 9.55 Å². The Kier molecular flexibility index (Phi) is 7.16. The molecule has 0 aliphatic rings. The number of nitrogens with zero attached hydrogens (tertiary/aromatic N) is 2. The highest BCUT2D eigenvalue weighted by Gasteiger charge is 2.33. The molecule has 0 amide bonds. The molecule has 6 heteroatoms. The van der Waals surface area contributed by atoms with Crippen molar-refractivity contribution in [3.63, 3.8) is 0 Å². The number of rotatable bonds is 9. The van der Waals surface area contributed by atoms with Crippen molar-refractivity contribution in [2.24, 2.45) is 5.41 Å². The lowest BCUT2D eigenvalue weighted by molar-refractivity contribution is -0.143. The zero-order valence-corrected chi connectivity index (χ0v) is 19.1. The summed E-state index contributed by atoms with van der Waals surface area (Å²) in [4.78, 5) is 17.7. The summed E-state index contributed by atoms with van der Waals surface area (Å²) in [5.41, 5.74) is 1.64. The van der Waals surface area contributed by atoms with Crippen molar-refractivity contribution >= 4 is 40.6 Å². The number of halogens is 1. The maximum atomic E-state index is 12.0. The molecule has 4 nitrogen and oxygen atoms in total. The first kappa shape index (κ1) is 22.3. The van der Waals surface area contributed by atoms with Gasteiger partial charge in [0.05, 0.1) is 23.9 Å². The molecule has 0 fully saturated rings. The molecule has 0 atom stereocenters. The van der Waals surface area contributed by atoms with E-state index in [-0.39, 0.29) is 0 Å². The predicted octanol–water partition coefficient (Wildman–Crippen LogP) is 6.64. The molecule has 0 aliphatic carbocycles. The fraction of sp³-hybridized carbons (Fsp3) is 0.333. The van der Waals surface area contributed by atoms with Gasteiger partial charge in [-0.3, -0.25) is 4.79 Å². The summed E-state index contributed by atoms with van der Waals surface area (Å²) in [6.07, 6.45) is 6.80. The van der Waals surface area contributed by atoms with E-state index in [9.17, 15) is 9.90 Å². The Morgan fingerprint density at radius 2 is 2.03 bits per heavy atom. The van der Waals surface area contributed by atoms with E-state index >= 15 is 0 Å². The molecule has 1 aromatic carbocycles. The van der Waals surface area contributed by atoms with E-state index in [0.717, 1.165) is 46.8 Å². The maximum Gasteiger partial charge on any atom is 0.313 e. The van der Waals surface area contributed by atoms with Gasteiger partial charge in [0.1, 0.15) is 5.82 Å². The molecule has 3 rings (SSSR count). The Balaban J connectivity index is 2.12. The Hall–Kier alpha value is -2.37. The lowest BCUT2D eigenvalue weighted by Gasteiger charge is -2.23. The summed E-state index contributed by atoms with van der Waals surface area (Å²) < 4.78 is 2.16. The second kappa shape index (κ2) is 9.63. The number of thiophene rings is 1. The van der Waals surface area contributed by atoms with E-state index in [1.807, 2.05) is 54.1 Å². The normalized spacial score (nSPS) is 12.3. The first-order chi connectivity index (χ1) is 14.3. The van der Waals surface area contributed by atoms with Crippen LogP contribution in [0, 0.1) is 5.41 Å². The summed E-state index contributed by atoms with van der Waals surface area (Å²) in [6.45, 7) is 6.24. The van der Waals surface area contributed by atoms with Gasteiger partial charge in [-0.1, -0.05) is 49.2 Å². The Morgan fingerprint density at radius 1 is 1.27 bits per heavy atom. The van der Waals surface area contributed by atoms with E-state index in [1.54, 1.807) is 25.2 Å². The average Bonchev–Trinajstić information content (AvgIpc) is 3.36. The molecule has 0 spiro atoms. The molecule has 158 valence electrons. The number of imidazole rings is 1. The monoisotopic (exact) mass is 442 g/mol. The molecule has 0 saturated heterocycles. The number of hydrogen-bond donors (Lipinski definition) is 1. The molecule has 2 aromatic heterocycles. The van der Waals surface area contributed by atoms with Gasteiger partial charge in [-0.2, -0.15) is 0 Å². The van der Waals surface area contributed by atoms with Gasteiger partial charge in [-0.05, 0) is 55.0 Å². The number of aryl methyl sites for hydroxylation is 1. The molecule has 30 heavy (non-hydrogen) atoms. The topological polar surface area (TPSA) is 55.1 Å². The van der Waals surface area contributed by atoms with Crippen molar-refractivity contribution in [2.45, 2.75) is 46.6 Å². The van der Waals surface area contributed by atoms with E-state index in [0.29, 0.717) is 11.6 Å². The molecule has 3 aromatic rings. The predicted molar refractivity (Wildman–Crippen MR) is 125 cm³/mol. The number of hydrogen-bond acceptors (Lipinski definition) is 3. The third-order valence-corrected chi connectivity index (χ3v) is 6.57. The van der Waals surface area contributed by atoms with Gasteiger partial charge >= 0.3 is 5.97 Å². The first-order valence-corrected chi connectivity index (χ1v) is 11.4. The number of aliphatic carboxylic acids is 1. The third-order valence-electron chi connectivity index (χ3n) is 5.30. The van der Waals surface area contributed by atoms with Crippen molar-refractivity contribution in [3.05, 3.63) is 75.0 Å². The number of aromatic nitrogens is 2. The van der Waals surface area contributed by atoms with Gasteiger partial charge in [0.15, 0.2) is 0 Å². The van der Waals surface area contributed by atoms with Crippen LogP contribution in [0.3, 0.4) is 0 Å². The van der Waals surface area contributed by atoms with Crippen molar-refractivity contribution in [1.29, 1.82) is 0 Å². The van der Waals surface area contributed by atoms with Crippen LogP contribution < -0.4 is 0 Å². The van der Waals surface area contributed by atoms with Crippen LogP contribution in [0.5, 0.6) is 0 Å². The van der Waals surface area contributed by atoms with Gasteiger partial charge < -0.3 is 9.67 Å². The summed E-state index contributed by atoms with van der Waals surface area (Å²) in [5, 5.41) is 12.6. The van der Waals surface area contributed by atoms with Crippen LogP contribution in [0.4, 0.5) is 0 Å².